The molecule has 3 amide bonds. The van der Waals surface area contributed by atoms with E-state index in [1.807, 2.05) is 71.9 Å². The van der Waals surface area contributed by atoms with E-state index in [0.29, 0.717) is 24.5 Å². The molecule has 0 fully saturated rings. The average molecular weight is 752 g/mol. The first kappa shape index (κ1) is 46.7. The van der Waals surface area contributed by atoms with Crippen LogP contribution in [0.25, 0.3) is 0 Å². The maximum Gasteiger partial charge on any atom is 0.251 e. The van der Waals surface area contributed by atoms with Gasteiger partial charge in [0.15, 0.2) is 23.3 Å². The van der Waals surface area contributed by atoms with Crippen LogP contribution in [0.3, 0.4) is 0 Å². The number of hydroxylamine groups is 4. The zero-order valence-corrected chi connectivity index (χ0v) is 32.4. The normalized spacial score (nSPS) is 11.4. The van der Waals surface area contributed by atoms with Crippen molar-refractivity contribution in [1.29, 1.82) is 0 Å². The summed E-state index contributed by atoms with van der Waals surface area (Å²) in [4.78, 5) is 37.4. The van der Waals surface area contributed by atoms with Crippen LogP contribution in [-0.4, -0.2) is 50.2 Å². The van der Waals surface area contributed by atoms with E-state index in [1.165, 1.54) is 11.0 Å². The largest absolute Gasteiger partial charge is 0.341 e. The maximum atomic E-state index is 13.4. The number of halogens is 5. The summed E-state index contributed by atoms with van der Waals surface area (Å²) >= 11 is 0. The molecule has 0 spiro atoms. The van der Waals surface area contributed by atoms with Crippen molar-refractivity contribution in [3.63, 3.8) is 0 Å². The van der Waals surface area contributed by atoms with Crippen LogP contribution < -0.4 is 0 Å². The lowest BCUT2D eigenvalue weighted by Crippen LogP contribution is -2.38. The van der Waals surface area contributed by atoms with Crippen molar-refractivity contribution in [2.75, 3.05) is 7.05 Å². The maximum absolute atomic E-state index is 13.4. The summed E-state index contributed by atoms with van der Waals surface area (Å²) in [7, 11) is 1.67. The Morgan fingerprint density at radius 2 is 1.04 bits per heavy atom. The van der Waals surface area contributed by atoms with Crippen LogP contribution in [-0.2, 0) is 34.0 Å². The van der Waals surface area contributed by atoms with Crippen molar-refractivity contribution >= 4 is 17.7 Å². The third kappa shape index (κ3) is 14.2. The first-order chi connectivity index (χ1) is 24.4. The first-order valence-corrected chi connectivity index (χ1v) is 17.3. The highest BCUT2D eigenvalue weighted by Gasteiger charge is 2.31. The van der Waals surface area contributed by atoms with Gasteiger partial charge in [-0.1, -0.05) is 98.7 Å². The fourth-order valence-electron chi connectivity index (χ4n) is 4.44. The Balaban J connectivity index is 0.000000399. The first-order valence-electron chi connectivity index (χ1n) is 17.3. The van der Waals surface area contributed by atoms with Gasteiger partial charge in [0.05, 0.1) is 13.1 Å². The quantitative estimate of drug-likeness (QED) is 0.0832. The number of hydrogen-bond donors (Lipinski definition) is 2. The van der Waals surface area contributed by atoms with Gasteiger partial charge < -0.3 is 4.90 Å². The molecule has 0 aliphatic carbocycles. The third-order valence-electron chi connectivity index (χ3n) is 9.17. The Hall–Kier alpha value is -4.36. The van der Waals surface area contributed by atoms with Crippen LogP contribution in [0, 0.1) is 45.3 Å². The van der Waals surface area contributed by atoms with Crippen LogP contribution in [0.4, 0.5) is 22.0 Å². The highest BCUT2D eigenvalue weighted by molar-refractivity contribution is 5.82. The van der Waals surface area contributed by atoms with E-state index in [9.17, 15) is 46.8 Å². The van der Waals surface area contributed by atoms with Crippen molar-refractivity contribution in [3.8, 4) is 0 Å². The van der Waals surface area contributed by atoms with E-state index in [0.717, 1.165) is 35.2 Å². The molecule has 0 bridgehead atoms. The third-order valence-corrected chi connectivity index (χ3v) is 9.17. The summed E-state index contributed by atoms with van der Waals surface area (Å²) in [5, 5.41) is 20.4. The Kier molecular flexibility index (Phi) is 17.8. The Morgan fingerprint density at radius 1 is 0.566 bits per heavy atom. The van der Waals surface area contributed by atoms with Crippen molar-refractivity contribution < 1.29 is 46.8 Å². The van der Waals surface area contributed by atoms with Crippen LogP contribution in [0.5, 0.6) is 0 Å². The molecule has 0 unspecified atom stereocenters. The second kappa shape index (κ2) is 20.2. The molecule has 3 rings (SSSR count). The van der Waals surface area contributed by atoms with Crippen LogP contribution in [0.1, 0.15) is 98.3 Å². The van der Waals surface area contributed by atoms with Gasteiger partial charge in [0.25, 0.3) is 11.8 Å². The minimum absolute atomic E-state index is 0.00488. The molecule has 53 heavy (non-hydrogen) atoms. The van der Waals surface area contributed by atoms with Gasteiger partial charge in [-0.3, -0.25) is 24.8 Å². The van der Waals surface area contributed by atoms with Crippen molar-refractivity contribution in [2.24, 2.45) is 16.2 Å². The molecule has 0 saturated carbocycles. The molecule has 8 nitrogen and oxygen atoms in total. The topological polar surface area (TPSA) is 101 Å². The van der Waals surface area contributed by atoms with Crippen LogP contribution >= 0.6 is 0 Å². The van der Waals surface area contributed by atoms with Gasteiger partial charge in [-0.25, -0.2) is 32.1 Å². The molecule has 0 radical (unpaired) electrons. The van der Waals surface area contributed by atoms with Gasteiger partial charge in [0, 0.05) is 41.5 Å². The minimum Gasteiger partial charge on any atom is -0.341 e. The zero-order valence-electron chi connectivity index (χ0n) is 32.4. The molecule has 0 atom stereocenters. The van der Waals surface area contributed by atoms with E-state index in [4.69, 9.17) is 0 Å². The number of carbonyl (C=O) groups is 3. The summed E-state index contributed by atoms with van der Waals surface area (Å²) in [6.45, 7) is 16.2. The molecular weight excluding hydrogens is 697 g/mol. The number of rotatable bonds is 12. The number of benzene rings is 3. The summed E-state index contributed by atoms with van der Waals surface area (Å²) in [6, 6.07) is 14.3. The van der Waals surface area contributed by atoms with E-state index in [2.05, 4.69) is 0 Å². The second-order valence-corrected chi connectivity index (χ2v) is 14.7. The van der Waals surface area contributed by atoms with Gasteiger partial charge in [-0.05, 0) is 48.6 Å². The number of hydrogen-bond acceptors (Lipinski definition) is 5. The number of carbonyl (C=O) groups excluding carboxylic acids is 3. The Bertz CT molecular complexity index is 1670. The molecule has 294 valence electrons. The summed E-state index contributed by atoms with van der Waals surface area (Å²) < 4.78 is 65.2. The molecule has 13 heteroatoms. The van der Waals surface area contributed by atoms with Crippen molar-refractivity contribution in [1.82, 2.24) is 15.0 Å². The fourth-order valence-corrected chi connectivity index (χ4v) is 4.44. The lowest BCUT2D eigenvalue weighted by molar-refractivity contribution is -0.178. The zero-order chi connectivity index (χ0) is 40.9. The predicted molar refractivity (Wildman–Crippen MR) is 192 cm³/mol. The standard InChI is InChI=1S/C14H19F2NO.C13H16F3NO2.C13H19NO2/c1-5-14(2,3)13(18)17(4)9-10-6-7-11(15)12(16)8-10;1-4-13(2,3)12(18)17(19)7-8-5-9(14)6-10(15)11(8)16;1-4-13(2,3)12(15)14(16)10-11-8-6-5-7-9-11/h6-8H,5,9H2,1-4H3;5-6,19H,4,7H2,1-3H3;5-9,16H,4,10H2,1-3H3. The van der Waals surface area contributed by atoms with E-state index < -0.39 is 63.3 Å². The number of nitrogens with zero attached hydrogens (tertiary/aromatic N) is 3. The summed E-state index contributed by atoms with van der Waals surface area (Å²) in [6.07, 6.45) is 1.90. The highest BCUT2D eigenvalue weighted by Crippen LogP contribution is 2.26. The lowest BCUT2D eigenvalue weighted by Gasteiger charge is -2.28. The monoisotopic (exact) mass is 751 g/mol. The molecule has 0 aliphatic heterocycles. The van der Waals surface area contributed by atoms with Crippen molar-refractivity contribution in [2.45, 2.75) is 101 Å². The molecule has 3 aromatic carbocycles. The molecule has 0 aliphatic rings. The highest BCUT2D eigenvalue weighted by atomic mass is 19.2. The fraction of sp³-hybridized carbons (Fsp3) is 0.475. The van der Waals surface area contributed by atoms with Gasteiger partial charge in [0.2, 0.25) is 5.91 Å². The van der Waals surface area contributed by atoms with Crippen LogP contribution in [0.15, 0.2) is 60.7 Å². The van der Waals surface area contributed by atoms with E-state index >= 15 is 0 Å². The van der Waals surface area contributed by atoms with E-state index in [-0.39, 0.29) is 30.0 Å². The van der Waals surface area contributed by atoms with Gasteiger partial charge in [-0.2, -0.15) is 0 Å². The molecule has 3 aromatic rings. The molecule has 0 aromatic heterocycles. The van der Waals surface area contributed by atoms with E-state index in [1.54, 1.807) is 27.8 Å². The van der Waals surface area contributed by atoms with Crippen LogP contribution in [0.2, 0.25) is 0 Å². The minimum atomic E-state index is -1.36. The van der Waals surface area contributed by atoms with Gasteiger partial charge in [0.1, 0.15) is 5.82 Å². The molecule has 0 saturated heterocycles. The van der Waals surface area contributed by atoms with Gasteiger partial charge in [-0.15, -0.1) is 0 Å². The van der Waals surface area contributed by atoms with Gasteiger partial charge >= 0.3 is 0 Å². The SMILES string of the molecule is CCC(C)(C)C(=O)N(C)Cc1ccc(F)c(F)c1.CCC(C)(C)C(=O)N(O)Cc1cc(F)cc(F)c1F.CCC(C)(C)C(=O)N(O)Cc1ccccc1. The Morgan fingerprint density at radius 3 is 1.51 bits per heavy atom. The Labute approximate surface area is 310 Å². The smallest absolute Gasteiger partial charge is 0.251 e. The molecular formula is C40H54F5N3O5. The predicted octanol–water partition coefficient (Wildman–Crippen LogP) is 9.46. The molecule has 2 N–H and O–H groups in total. The average Bonchev–Trinajstić information content (AvgIpc) is 3.11. The second-order valence-electron chi connectivity index (χ2n) is 14.7. The molecule has 0 heterocycles. The number of amides is 3. The van der Waals surface area contributed by atoms with Crippen molar-refractivity contribution in [3.05, 3.63) is 106 Å². The summed E-state index contributed by atoms with van der Waals surface area (Å²) in [5.41, 5.74) is -0.698. The lowest BCUT2D eigenvalue weighted by atomic mass is 9.88. The summed E-state index contributed by atoms with van der Waals surface area (Å²) in [5.74, 6) is -6.24.